The van der Waals surface area contributed by atoms with E-state index >= 15 is 0 Å². The van der Waals surface area contributed by atoms with Crippen LogP contribution in [0.3, 0.4) is 0 Å². The normalized spacial score (nSPS) is 13.9. The SMILES string of the molecule is CCC(C#N)Oc1ccc([C@@H](C)N)cc1Cl. The lowest BCUT2D eigenvalue weighted by Crippen LogP contribution is -2.12. The van der Waals surface area contributed by atoms with E-state index in [1.807, 2.05) is 19.9 Å². The van der Waals surface area contributed by atoms with Crippen LogP contribution in [0.4, 0.5) is 0 Å². The molecule has 4 heteroatoms. The van der Waals surface area contributed by atoms with E-state index in [-0.39, 0.29) is 6.04 Å². The summed E-state index contributed by atoms with van der Waals surface area (Å²) in [5.41, 5.74) is 6.68. The fourth-order valence-electron chi connectivity index (χ4n) is 1.25. The fraction of sp³-hybridized carbons (Fsp3) is 0.417. The number of halogens is 1. The van der Waals surface area contributed by atoms with Crippen molar-refractivity contribution >= 4 is 11.6 Å². The largest absolute Gasteiger partial charge is 0.474 e. The number of hydrogen-bond donors (Lipinski definition) is 1. The molecule has 16 heavy (non-hydrogen) atoms. The van der Waals surface area contributed by atoms with E-state index in [2.05, 4.69) is 6.07 Å². The van der Waals surface area contributed by atoms with E-state index in [0.29, 0.717) is 17.2 Å². The molecular formula is C12H15ClN2O. The van der Waals surface area contributed by atoms with Crippen LogP contribution >= 0.6 is 11.6 Å². The summed E-state index contributed by atoms with van der Waals surface area (Å²) in [7, 11) is 0. The number of nitriles is 1. The zero-order valence-corrected chi connectivity index (χ0v) is 10.2. The third-order valence-corrected chi connectivity index (χ3v) is 2.56. The summed E-state index contributed by atoms with van der Waals surface area (Å²) < 4.78 is 5.44. The summed E-state index contributed by atoms with van der Waals surface area (Å²) >= 11 is 6.04. The van der Waals surface area contributed by atoms with Crippen molar-refractivity contribution < 1.29 is 4.74 Å². The quantitative estimate of drug-likeness (QED) is 0.877. The van der Waals surface area contributed by atoms with Gasteiger partial charge in [0.1, 0.15) is 11.8 Å². The van der Waals surface area contributed by atoms with Crippen LogP contribution in [-0.4, -0.2) is 6.10 Å². The molecule has 1 rings (SSSR count). The molecular weight excluding hydrogens is 224 g/mol. The zero-order chi connectivity index (χ0) is 12.1. The molecule has 0 spiro atoms. The van der Waals surface area contributed by atoms with Crippen molar-refractivity contribution in [3.05, 3.63) is 28.8 Å². The first-order valence-electron chi connectivity index (χ1n) is 5.19. The average molecular weight is 239 g/mol. The van der Waals surface area contributed by atoms with Gasteiger partial charge in [-0.1, -0.05) is 24.6 Å². The molecule has 0 aliphatic heterocycles. The van der Waals surface area contributed by atoms with Gasteiger partial charge in [-0.05, 0) is 31.0 Å². The Hall–Kier alpha value is -1.24. The third kappa shape index (κ3) is 3.13. The standard InChI is InChI=1S/C12H15ClN2O/c1-3-10(7-14)16-12-5-4-9(8(2)15)6-11(12)13/h4-6,8,10H,3,15H2,1-2H3/t8-,10?/m1/s1. The van der Waals surface area contributed by atoms with Crippen LogP contribution in [-0.2, 0) is 0 Å². The minimum absolute atomic E-state index is 0.0653. The maximum absolute atomic E-state index is 8.78. The lowest BCUT2D eigenvalue weighted by atomic mass is 10.1. The second kappa shape index (κ2) is 5.74. The number of rotatable bonds is 4. The van der Waals surface area contributed by atoms with Gasteiger partial charge in [0.15, 0.2) is 6.10 Å². The molecule has 0 heterocycles. The highest BCUT2D eigenvalue weighted by molar-refractivity contribution is 6.32. The predicted molar refractivity (Wildman–Crippen MR) is 64.4 cm³/mol. The summed E-state index contributed by atoms with van der Waals surface area (Å²) in [6.07, 6.45) is 0.167. The van der Waals surface area contributed by atoms with Crippen molar-refractivity contribution in [3.8, 4) is 11.8 Å². The van der Waals surface area contributed by atoms with E-state index in [1.54, 1.807) is 12.1 Å². The molecule has 86 valence electrons. The molecule has 1 aromatic carbocycles. The van der Waals surface area contributed by atoms with Crippen molar-refractivity contribution in [1.29, 1.82) is 5.26 Å². The molecule has 0 aliphatic carbocycles. The Balaban J connectivity index is 2.87. The molecule has 0 aliphatic rings. The van der Waals surface area contributed by atoms with Crippen LogP contribution < -0.4 is 10.5 Å². The van der Waals surface area contributed by atoms with Crippen LogP contribution in [0.2, 0.25) is 5.02 Å². The van der Waals surface area contributed by atoms with Crippen molar-refractivity contribution in [2.45, 2.75) is 32.4 Å². The van der Waals surface area contributed by atoms with E-state index in [4.69, 9.17) is 27.3 Å². The Morgan fingerprint density at radius 1 is 1.56 bits per heavy atom. The Labute approximate surface area is 101 Å². The van der Waals surface area contributed by atoms with Gasteiger partial charge in [0.05, 0.1) is 5.02 Å². The lowest BCUT2D eigenvalue weighted by molar-refractivity contribution is 0.252. The van der Waals surface area contributed by atoms with Gasteiger partial charge >= 0.3 is 0 Å². The molecule has 2 atom stereocenters. The van der Waals surface area contributed by atoms with E-state index in [9.17, 15) is 0 Å². The van der Waals surface area contributed by atoms with E-state index < -0.39 is 6.10 Å². The van der Waals surface area contributed by atoms with Crippen LogP contribution in [0, 0.1) is 11.3 Å². The second-order valence-corrected chi connectivity index (χ2v) is 4.03. The maximum atomic E-state index is 8.78. The highest BCUT2D eigenvalue weighted by Gasteiger charge is 2.10. The molecule has 1 unspecified atom stereocenters. The Kier molecular flexibility index (Phi) is 4.60. The summed E-state index contributed by atoms with van der Waals surface area (Å²) in [5, 5.41) is 9.27. The minimum atomic E-state index is -0.460. The number of nitrogens with zero attached hydrogens (tertiary/aromatic N) is 1. The first-order chi connectivity index (χ1) is 7.58. The molecule has 0 radical (unpaired) electrons. The summed E-state index contributed by atoms with van der Waals surface area (Å²) in [5.74, 6) is 0.527. The second-order valence-electron chi connectivity index (χ2n) is 3.62. The monoisotopic (exact) mass is 238 g/mol. The van der Waals surface area contributed by atoms with Crippen LogP contribution in [0.1, 0.15) is 31.9 Å². The molecule has 0 aromatic heterocycles. The number of benzene rings is 1. The Morgan fingerprint density at radius 2 is 2.25 bits per heavy atom. The number of nitrogens with two attached hydrogens (primary N) is 1. The van der Waals surface area contributed by atoms with Gasteiger partial charge < -0.3 is 10.5 Å². The van der Waals surface area contributed by atoms with Crippen LogP contribution in [0.25, 0.3) is 0 Å². The van der Waals surface area contributed by atoms with Crippen LogP contribution in [0.5, 0.6) is 5.75 Å². The molecule has 0 saturated carbocycles. The smallest absolute Gasteiger partial charge is 0.184 e. The molecule has 0 saturated heterocycles. The highest BCUT2D eigenvalue weighted by atomic mass is 35.5. The molecule has 2 N–H and O–H groups in total. The summed E-state index contributed by atoms with van der Waals surface area (Å²) in [6.45, 7) is 3.77. The first-order valence-corrected chi connectivity index (χ1v) is 5.57. The van der Waals surface area contributed by atoms with Crippen molar-refractivity contribution in [2.24, 2.45) is 5.73 Å². The topological polar surface area (TPSA) is 59.0 Å². The van der Waals surface area contributed by atoms with Gasteiger partial charge in [-0.25, -0.2) is 0 Å². The van der Waals surface area contributed by atoms with E-state index in [1.165, 1.54) is 0 Å². The number of hydrogen-bond acceptors (Lipinski definition) is 3. The zero-order valence-electron chi connectivity index (χ0n) is 9.40. The van der Waals surface area contributed by atoms with Crippen LogP contribution in [0.15, 0.2) is 18.2 Å². The predicted octanol–water partition coefficient (Wildman–Crippen LogP) is 3.04. The number of ether oxygens (including phenoxy) is 1. The van der Waals surface area contributed by atoms with Gasteiger partial charge in [0, 0.05) is 6.04 Å². The van der Waals surface area contributed by atoms with Gasteiger partial charge in [-0.2, -0.15) is 5.26 Å². The molecule has 0 amide bonds. The van der Waals surface area contributed by atoms with Gasteiger partial charge in [0.2, 0.25) is 0 Å². The molecule has 0 bridgehead atoms. The van der Waals surface area contributed by atoms with E-state index in [0.717, 1.165) is 5.56 Å². The van der Waals surface area contributed by atoms with Gasteiger partial charge in [-0.3, -0.25) is 0 Å². The maximum Gasteiger partial charge on any atom is 0.184 e. The first kappa shape index (κ1) is 12.8. The molecule has 0 fully saturated rings. The van der Waals surface area contributed by atoms with Crippen molar-refractivity contribution in [2.75, 3.05) is 0 Å². The van der Waals surface area contributed by atoms with Gasteiger partial charge in [0.25, 0.3) is 0 Å². The Morgan fingerprint density at radius 3 is 2.69 bits per heavy atom. The lowest BCUT2D eigenvalue weighted by Gasteiger charge is -2.13. The van der Waals surface area contributed by atoms with Crippen molar-refractivity contribution in [3.63, 3.8) is 0 Å². The fourth-order valence-corrected chi connectivity index (χ4v) is 1.48. The Bertz CT molecular complexity index is 398. The summed E-state index contributed by atoms with van der Waals surface area (Å²) in [4.78, 5) is 0. The highest BCUT2D eigenvalue weighted by Crippen LogP contribution is 2.28. The minimum Gasteiger partial charge on any atom is -0.474 e. The molecule has 3 nitrogen and oxygen atoms in total. The molecule has 1 aromatic rings. The van der Waals surface area contributed by atoms with Gasteiger partial charge in [-0.15, -0.1) is 0 Å². The summed E-state index contributed by atoms with van der Waals surface area (Å²) in [6, 6.07) is 7.37. The average Bonchev–Trinajstić information content (AvgIpc) is 2.27. The third-order valence-electron chi connectivity index (χ3n) is 2.27. The van der Waals surface area contributed by atoms with Crippen molar-refractivity contribution in [1.82, 2.24) is 0 Å².